The summed E-state index contributed by atoms with van der Waals surface area (Å²) < 4.78 is 6.73. The summed E-state index contributed by atoms with van der Waals surface area (Å²) in [5.41, 5.74) is 1.07. The summed E-state index contributed by atoms with van der Waals surface area (Å²) in [7, 11) is 0. The number of aromatic nitrogens is 2. The fourth-order valence-electron chi connectivity index (χ4n) is 4.37. The van der Waals surface area contributed by atoms with Crippen molar-refractivity contribution < 1.29 is 14.3 Å². The molecule has 0 radical (unpaired) electrons. The number of nitrogens with one attached hydrogen (secondary N) is 1. The van der Waals surface area contributed by atoms with Crippen LogP contribution in [0.5, 0.6) is 0 Å². The van der Waals surface area contributed by atoms with Gasteiger partial charge in [0.05, 0.1) is 18.5 Å². The Morgan fingerprint density at radius 2 is 2.04 bits per heavy atom. The predicted molar refractivity (Wildman–Crippen MR) is 97.1 cm³/mol. The van der Waals surface area contributed by atoms with Crippen molar-refractivity contribution in [2.24, 2.45) is 17.8 Å². The highest BCUT2D eigenvalue weighted by molar-refractivity contribution is 6.01. The molecule has 1 heterocycles. The first-order valence-corrected chi connectivity index (χ1v) is 9.28. The molecule has 6 nitrogen and oxygen atoms in total. The van der Waals surface area contributed by atoms with E-state index in [1.807, 2.05) is 30.3 Å². The van der Waals surface area contributed by atoms with Crippen LogP contribution in [0, 0.1) is 17.8 Å². The molecule has 2 aromatic rings. The van der Waals surface area contributed by atoms with Crippen molar-refractivity contribution in [1.29, 1.82) is 0 Å². The third kappa shape index (κ3) is 3.00. The molecule has 3 atom stereocenters. The highest BCUT2D eigenvalue weighted by Crippen LogP contribution is 2.48. The lowest BCUT2D eigenvalue weighted by molar-refractivity contribution is -0.121. The molecule has 1 amide bonds. The zero-order valence-corrected chi connectivity index (χ0v) is 14.9. The fraction of sp³-hybridized carbons (Fsp3) is 0.450. The van der Waals surface area contributed by atoms with E-state index in [1.54, 1.807) is 11.6 Å². The largest absolute Gasteiger partial charge is 0.462 e. The van der Waals surface area contributed by atoms with Crippen LogP contribution in [-0.2, 0) is 9.53 Å². The number of nitrogens with zero attached hydrogens (tertiary/aromatic N) is 2. The van der Waals surface area contributed by atoms with Gasteiger partial charge in [0.1, 0.15) is 5.56 Å². The number of para-hydroxylation sites is 1. The average molecular weight is 353 g/mol. The van der Waals surface area contributed by atoms with Crippen LogP contribution in [0.4, 0.5) is 5.82 Å². The van der Waals surface area contributed by atoms with Gasteiger partial charge < -0.3 is 10.1 Å². The quantitative estimate of drug-likeness (QED) is 0.836. The van der Waals surface area contributed by atoms with Gasteiger partial charge in [-0.1, -0.05) is 24.6 Å². The van der Waals surface area contributed by atoms with Crippen LogP contribution in [-0.4, -0.2) is 28.3 Å². The molecule has 1 aromatic carbocycles. The molecule has 26 heavy (non-hydrogen) atoms. The Bertz CT molecular complexity index is 815. The summed E-state index contributed by atoms with van der Waals surface area (Å²) in [5, 5.41) is 7.30. The second-order valence-corrected chi connectivity index (χ2v) is 7.15. The van der Waals surface area contributed by atoms with Gasteiger partial charge in [-0.2, -0.15) is 5.10 Å². The molecule has 6 heteroatoms. The summed E-state index contributed by atoms with van der Waals surface area (Å²) >= 11 is 0. The number of fused-ring (bicyclic) bond motifs is 2. The molecule has 1 aromatic heterocycles. The Morgan fingerprint density at radius 3 is 2.69 bits per heavy atom. The summed E-state index contributed by atoms with van der Waals surface area (Å²) in [6.07, 6.45) is 5.93. The van der Waals surface area contributed by atoms with E-state index in [0.29, 0.717) is 17.7 Å². The maximum atomic E-state index is 12.9. The second kappa shape index (κ2) is 6.94. The number of ether oxygens (including phenoxy) is 1. The Labute approximate surface area is 152 Å². The third-order valence-corrected chi connectivity index (χ3v) is 5.58. The molecule has 0 aliphatic heterocycles. The lowest BCUT2D eigenvalue weighted by Crippen LogP contribution is -2.29. The van der Waals surface area contributed by atoms with Crippen molar-refractivity contribution >= 4 is 17.7 Å². The van der Waals surface area contributed by atoms with Gasteiger partial charge in [0.25, 0.3) is 0 Å². The first-order chi connectivity index (χ1) is 12.7. The fourth-order valence-corrected chi connectivity index (χ4v) is 4.37. The summed E-state index contributed by atoms with van der Waals surface area (Å²) in [4.78, 5) is 25.2. The lowest BCUT2D eigenvalue weighted by Gasteiger charge is -2.21. The maximum Gasteiger partial charge on any atom is 0.343 e. The monoisotopic (exact) mass is 353 g/mol. The molecule has 1 N–H and O–H groups in total. The molecule has 0 saturated heterocycles. The van der Waals surface area contributed by atoms with E-state index in [4.69, 9.17) is 4.74 Å². The second-order valence-electron chi connectivity index (χ2n) is 7.15. The number of benzene rings is 1. The molecule has 2 aliphatic rings. The van der Waals surface area contributed by atoms with Gasteiger partial charge in [0.15, 0.2) is 5.82 Å². The average Bonchev–Trinajstić information content (AvgIpc) is 3.38. The van der Waals surface area contributed by atoms with Gasteiger partial charge in [0.2, 0.25) is 5.91 Å². The van der Waals surface area contributed by atoms with Crippen LogP contribution in [0.15, 0.2) is 36.5 Å². The molecule has 2 aliphatic carbocycles. The molecule has 2 bridgehead atoms. The van der Waals surface area contributed by atoms with E-state index in [1.165, 1.54) is 12.6 Å². The van der Waals surface area contributed by atoms with Crippen LogP contribution in [0.3, 0.4) is 0 Å². The van der Waals surface area contributed by atoms with E-state index < -0.39 is 5.97 Å². The van der Waals surface area contributed by atoms with Crippen LogP contribution < -0.4 is 5.32 Å². The maximum absolute atomic E-state index is 12.9. The third-order valence-electron chi connectivity index (χ3n) is 5.58. The van der Waals surface area contributed by atoms with Crippen molar-refractivity contribution in [2.45, 2.75) is 32.6 Å². The van der Waals surface area contributed by atoms with Crippen LogP contribution in [0.25, 0.3) is 5.69 Å². The van der Waals surface area contributed by atoms with Crippen molar-refractivity contribution in [1.82, 2.24) is 9.78 Å². The lowest BCUT2D eigenvalue weighted by atomic mass is 9.88. The molecule has 136 valence electrons. The van der Waals surface area contributed by atoms with E-state index >= 15 is 0 Å². The Morgan fingerprint density at radius 1 is 1.23 bits per heavy atom. The molecule has 0 spiro atoms. The van der Waals surface area contributed by atoms with Crippen LogP contribution >= 0.6 is 0 Å². The van der Waals surface area contributed by atoms with E-state index in [2.05, 4.69) is 10.4 Å². The number of carbonyl (C=O) groups excluding carboxylic acids is 2. The molecular weight excluding hydrogens is 330 g/mol. The Balaban J connectivity index is 1.65. The van der Waals surface area contributed by atoms with Crippen molar-refractivity contribution in [3.05, 3.63) is 42.1 Å². The van der Waals surface area contributed by atoms with Crippen LogP contribution in [0.1, 0.15) is 43.0 Å². The normalized spacial score (nSPS) is 23.8. The van der Waals surface area contributed by atoms with Crippen molar-refractivity contribution in [3.8, 4) is 5.69 Å². The Kier molecular flexibility index (Phi) is 4.49. The van der Waals surface area contributed by atoms with Gasteiger partial charge in [0, 0.05) is 5.92 Å². The number of rotatable bonds is 5. The molecular formula is C20H23N3O3. The van der Waals surface area contributed by atoms with E-state index in [9.17, 15) is 9.59 Å². The number of esters is 1. The number of anilines is 1. The molecule has 2 fully saturated rings. The SMILES string of the molecule is CCOC(=O)c1cnn(-c2ccccc2)c1NC(=O)C1CC2CCC1C2. The number of carbonyl (C=O) groups is 2. The van der Waals surface area contributed by atoms with Crippen molar-refractivity contribution in [3.63, 3.8) is 0 Å². The molecule has 3 unspecified atom stereocenters. The Hall–Kier alpha value is -2.63. The van der Waals surface area contributed by atoms with Crippen LogP contribution in [0.2, 0.25) is 0 Å². The van der Waals surface area contributed by atoms with Gasteiger partial charge >= 0.3 is 5.97 Å². The summed E-state index contributed by atoms with van der Waals surface area (Å²) in [6.45, 7) is 2.03. The van der Waals surface area contributed by atoms with Gasteiger partial charge in [-0.3, -0.25) is 4.79 Å². The number of amides is 1. The minimum atomic E-state index is -0.474. The standard InChI is InChI=1S/C20H23N3O3/c1-2-26-20(25)17-12-21-23(15-6-4-3-5-7-15)18(17)22-19(24)16-11-13-8-9-14(16)10-13/h3-7,12-14,16H,2,8-11H2,1H3,(H,22,24). The summed E-state index contributed by atoms with van der Waals surface area (Å²) in [5.74, 6) is 1.09. The highest BCUT2D eigenvalue weighted by atomic mass is 16.5. The number of hydrogen-bond donors (Lipinski definition) is 1. The van der Waals surface area contributed by atoms with Gasteiger partial charge in [-0.05, 0) is 50.2 Å². The van der Waals surface area contributed by atoms with E-state index in [0.717, 1.165) is 24.9 Å². The zero-order valence-electron chi connectivity index (χ0n) is 14.9. The van der Waals surface area contributed by atoms with E-state index in [-0.39, 0.29) is 24.0 Å². The molecule has 2 saturated carbocycles. The first kappa shape index (κ1) is 16.8. The highest BCUT2D eigenvalue weighted by Gasteiger charge is 2.43. The van der Waals surface area contributed by atoms with Crippen molar-refractivity contribution in [2.75, 3.05) is 11.9 Å². The number of hydrogen-bond acceptors (Lipinski definition) is 4. The first-order valence-electron chi connectivity index (χ1n) is 9.28. The predicted octanol–water partition coefficient (Wildman–Crippen LogP) is 3.42. The minimum Gasteiger partial charge on any atom is -0.462 e. The van der Waals surface area contributed by atoms with Gasteiger partial charge in [-0.25, -0.2) is 9.48 Å². The topological polar surface area (TPSA) is 73.2 Å². The molecule has 4 rings (SSSR count). The summed E-state index contributed by atoms with van der Waals surface area (Å²) in [6, 6.07) is 9.46. The van der Waals surface area contributed by atoms with Gasteiger partial charge in [-0.15, -0.1) is 0 Å². The smallest absolute Gasteiger partial charge is 0.343 e. The minimum absolute atomic E-state index is 0.0135. The zero-order chi connectivity index (χ0) is 18.1.